The Morgan fingerprint density at radius 1 is 1.43 bits per heavy atom. The molecule has 6 nitrogen and oxygen atoms in total. The third-order valence-electron chi connectivity index (χ3n) is 4.02. The Hall–Kier alpha value is -2.28. The van der Waals surface area contributed by atoms with E-state index in [0.29, 0.717) is 30.4 Å². The van der Waals surface area contributed by atoms with Crippen LogP contribution in [0.4, 0.5) is 4.39 Å². The van der Waals surface area contributed by atoms with Crippen molar-refractivity contribution in [2.45, 2.75) is 31.7 Å². The largest absolute Gasteiger partial charge is 0.341 e. The molecule has 3 rings (SSSR count). The van der Waals surface area contributed by atoms with E-state index in [1.54, 1.807) is 24.0 Å². The SMILES string of the molecule is C[C@H](N)C(=O)N1CCCC(c2nc(-c3ccc(F)cc3)no2)C1. The summed E-state index contributed by atoms with van der Waals surface area (Å²) in [4.78, 5) is 18.2. The summed E-state index contributed by atoms with van der Waals surface area (Å²) in [6.45, 7) is 2.92. The molecule has 122 valence electrons. The molecule has 2 atom stereocenters. The first-order valence-electron chi connectivity index (χ1n) is 7.68. The lowest BCUT2D eigenvalue weighted by Crippen LogP contribution is -2.46. The first kappa shape index (κ1) is 15.6. The second-order valence-corrected chi connectivity index (χ2v) is 5.88. The number of nitrogens with two attached hydrogens (primary N) is 1. The van der Waals surface area contributed by atoms with Gasteiger partial charge in [-0.25, -0.2) is 4.39 Å². The van der Waals surface area contributed by atoms with Crippen LogP contribution < -0.4 is 5.73 Å². The van der Waals surface area contributed by atoms with Crippen LogP contribution in [-0.4, -0.2) is 40.1 Å². The Labute approximate surface area is 133 Å². The number of halogens is 1. The molecule has 1 aromatic heterocycles. The molecule has 23 heavy (non-hydrogen) atoms. The maximum absolute atomic E-state index is 13.0. The van der Waals surface area contributed by atoms with Crippen molar-refractivity contribution < 1.29 is 13.7 Å². The minimum atomic E-state index is -0.508. The monoisotopic (exact) mass is 318 g/mol. The van der Waals surface area contributed by atoms with E-state index >= 15 is 0 Å². The van der Waals surface area contributed by atoms with Crippen molar-refractivity contribution in [2.75, 3.05) is 13.1 Å². The Bertz CT molecular complexity index is 684. The van der Waals surface area contributed by atoms with Gasteiger partial charge in [0, 0.05) is 18.7 Å². The molecule has 0 radical (unpaired) electrons. The van der Waals surface area contributed by atoms with E-state index in [4.69, 9.17) is 10.3 Å². The summed E-state index contributed by atoms with van der Waals surface area (Å²) in [6.07, 6.45) is 1.76. The lowest BCUT2D eigenvalue weighted by molar-refractivity contribution is -0.133. The molecular formula is C16H19FN4O2. The molecule has 2 heterocycles. The van der Waals surface area contributed by atoms with Gasteiger partial charge in [0.25, 0.3) is 0 Å². The molecule has 0 aliphatic carbocycles. The maximum atomic E-state index is 13.0. The minimum Gasteiger partial charge on any atom is -0.341 e. The molecule has 1 aliphatic rings. The molecule has 2 aromatic rings. The van der Waals surface area contributed by atoms with E-state index in [1.165, 1.54) is 12.1 Å². The number of aromatic nitrogens is 2. The number of carbonyl (C=O) groups is 1. The van der Waals surface area contributed by atoms with Crippen molar-refractivity contribution in [2.24, 2.45) is 5.73 Å². The second kappa shape index (κ2) is 6.45. The highest BCUT2D eigenvalue weighted by Gasteiger charge is 2.29. The predicted molar refractivity (Wildman–Crippen MR) is 81.9 cm³/mol. The lowest BCUT2D eigenvalue weighted by atomic mass is 9.97. The van der Waals surface area contributed by atoms with E-state index in [-0.39, 0.29) is 17.6 Å². The van der Waals surface area contributed by atoms with Crippen molar-refractivity contribution >= 4 is 5.91 Å². The number of amides is 1. The van der Waals surface area contributed by atoms with Gasteiger partial charge in [0.2, 0.25) is 17.6 Å². The standard InChI is InChI=1S/C16H19FN4O2/c1-10(18)16(22)21-8-2-3-12(9-21)15-19-14(20-23-15)11-4-6-13(17)7-5-11/h4-7,10,12H,2-3,8-9,18H2,1H3/t10-,12?/m0/s1. The Kier molecular flexibility index (Phi) is 4.38. The Morgan fingerprint density at radius 2 is 2.17 bits per heavy atom. The van der Waals surface area contributed by atoms with Gasteiger partial charge >= 0.3 is 0 Å². The van der Waals surface area contributed by atoms with E-state index in [0.717, 1.165) is 12.8 Å². The van der Waals surface area contributed by atoms with E-state index in [9.17, 15) is 9.18 Å². The predicted octanol–water partition coefficient (Wildman–Crippen LogP) is 1.93. The summed E-state index contributed by atoms with van der Waals surface area (Å²) >= 11 is 0. The van der Waals surface area contributed by atoms with Gasteiger partial charge in [-0.15, -0.1) is 0 Å². The number of rotatable bonds is 3. The quantitative estimate of drug-likeness (QED) is 0.934. The number of hydrogen-bond donors (Lipinski definition) is 1. The zero-order chi connectivity index (χ0) is 16.4. The van der Waals surface area contributed by atoms with Crippen molar-refractivity contribution in [1.82, 2.24) is 15.0 Å². The fourth-order valence-electron chi connectivity index (χ4n) is 2.78. The van der Waals surface area contributed by atoms with Crippen molar-refractivity contribution in [3.05, 3.63) is 36.0 Å². The van der Waals surface area contributed by atoms with Crippen molar-refractivity contribution in [3.8, 4) is 11.4 Å². The van der Waals surface area contributed by atoms with E-state index in [1.807, 2.05) is 0 Å². The first-order chi connectivity index (χ1) is 11.0. The van der Waals surface area contributed by atoms with Gasteiger partial charge in [-0.1, -0.05) is 5.16 Å². The van der Waals surface area contributed by atoms with Gasteiger partial charge in [0.1, 0.15) is 5.82 Å². The fraction of sp³-hybridized carbons (Fsp3) is 0.438. The molecule has 1 saturated heterocycles. The average Bonchev–Trinajstić information content (AvgIpc) is 3.05. The molecule has 0 saturated carbocycles. The van der Waals surface area contributed by atoms with Crippen molar-refractivity contribution in [3.63, 3.8) is 0 Å². The molecule has 1 unspecified atom stereocenters. The van der Waals surface area contributed by atoms with Gasteiger partial charge in [-0.3, -0.25) is 4.79 Å². The Morgan fingerprint density at radius 3 is 2.87 bits per heavy atom. The lowest BCUT2D eigenvalue weighted by Gasteiger charge is -2.32. The summed E-state index contributed by atoms with van der Waals surface area (Å²) in [5, 5.41) is 3.96. The van der Waals surface area contributed by atoms with Crippen molar-refractivity contribution in [1.29, 1.82) is 0 Å². The fourth-order valence-corrected chi connectivity index (χ4v) is 2.78. The molecule has 0 bridgehead atoms. The zero-order valence-electron chi connectivity index (χ0n) is 12.9. The number of likely N-dealkylation sites (tertiary alicyclic amines) is 1. The number of hydrogen-bond acceptors (Lipinski definition) is 5. The molecular weight excluding hydrogens is 299 g/mol. The van der Waals surface area contributed by atoms with E-state index < -0.39 is 6.04 Å². The van der Waals surface area contributed by atoms with E-state index in [2.05, 4.69) is 10.1 Å². The van der Waals surface area contributed by atoms with Crippen LogP contribution in [0, 0.1) is 5.82 Å². The van der Waals surface area contributed by atoms with Crippen LogP contribution in [0.15, 0.2) is 28.8 Å². The molecule has 1 aliphatic heterocycles. The number of piperidine rings is 1. The highest BCUT2D eigenvalue weighted by atomic mass is 19.1. The number of carbonyl (C=O) groups excluding carboxylic acids is 1. The molecule has 0 spiro atoms. The maximum Gasteiger partial charge on any atom is 0.239 e. The molecule has 7 heteroatoms. The van der Waals surface area contributed by atoms with Crippen LogP contribution in [0.25, 0.3) is 11.4 Å². The van der Waals surface area contributed by atoms with Crippen LogP contribution >= 0.6 is 0 Å². The van der Waals surface area contributed by atoms with Crippen LogP contribution in [0.2, 0.25) is 0 Å². The molecule has 1 aromatic carbocycles. The molecule has 1 fully saturated rings. The summed E-state index contributed by atoms with van der Waals surface area (Å²) in [5.41, 5.74) is 6.37. The van der Waals surface area contributed by atoms with Crippen LogP contribution in [0.1, 0.15) is 31.6 Å². The van der Waals surface area contributed by atoms with Gasteiger partial charge < -0.3 is 15.2 Å². The summed E-state index contributed by atoms with van der Waals surface area (Å²) in [7, 11) is 0. The third kappa shape index (κ3) is 3.39. The number of benzene rings is 1. The van der Waals surface area contributed by atoms with Gasteiger partial charge in [-0.2, -0.15) is 4.98 Å². The second-order valence-electron chi connectivity index (χ2n) is 5.88. The third-order valence-corrected chi connectivity index (χ3v) is 4.02. The van der Waals surface area contributed by atoms with Crippen LogP contribution in [0.5, 0.6) is 0 Å². The van der Waals surface area contributed by atoms with Gasteiger partial charge in [0.15, 0.2) is 0 Å². The summed E-state index contributed by atoms with van der Waals surface area (Å²) in [5.74, 6) is 0.568. The number of nitrogens with zero attached hydrogens (tertiary/aromatic N) is 3. The molecule has 2 N–H and O–H groups in total. The average molecular weight is 318 g/mol. The smallest absolute Gasteiger partial charge is 0.239 e. The molecule has 1 amide bonds. The highest BCUT2D eigenvalue weighted by molar-refractivity contribution is 5.81. The Balaban J connectivity index is 1.74. The van der Waals surface area contributed by atoms with Gasteiger partial charge in [-0.05, 0) is 44.0 Å². The van der Waals surface area contributed by atoms with Crippen LogP contribution in [0.3, 0.4) is 0 Å². The zero-order valence-corrected chi connectivity index (χ0v) is 12.9. The normalized spacial score (nSPS) is 19.6. The highest BCUT2D eigenvalue weighted by Crippen LogP contribution is 2.27. The summed E-state index contributed by atoms with van der Waals surface area (Å²) < 4.78 is 18.3. The minimum absolute atomic E-state index is 0.00754. The summed E-state index contributed by atoms with van der Waals surface area (Å²) in [6, 6.07) is 5.42. The topological polar surface area (TPSA) is 85.3 Å². The van der Waals surface area contributed by atoms with Crippen LogP contribution in [-0.2, 0) is 4.79 Å². The van der Waals surface area contributed by atoms with Gasteiger partial charge in [0.05, 0.1) is 12.0 Å². The first-order valence-corrected chi connectivity index (χ1v) is 7.68.